The summed E-state index contributed by atoms with van der Waals surface area (Å²) in [7, 11) is 1.58. The highest BCUT2D eigenvalue weighted by Crippen LogP contribution is 2.28. The van der Waals surface area contributed by atoms with Gasteiger partial charge in [0.25, 0.3) is 0 Å². The van der Waals surface area contributed by atoms with Gasteiger partial charge in [-0.2, -0.15) is 0 Å². The Morgan fingerprint density at radius 3 is 2.29 bits per heavy atom. The minimum atomic E-state index is -1.27. The van der Waals surface area contributed by atoms with Crippen LogP contribution in [0.25, 0.3) is 0 Å². The first-order valence-electron chi connectivity index (χ1n) is 12.5. The van der Waals surface area contributed by atoms with E-state index in [1.54, 1.807) is 27.9 Å². The molecule has 0 spiro atoms. The molecule has 38 heavy (non-hydrogen) atoms. The molecule has 8 nitrogen and oxygen atoms in total. The Bertz CT molecular complexity index is 1090. The van der Waals surface area contributed by atoms with Crippen LogP contribution >= 0.6 is 0 Å². The van der Waals surface area contributed by atoms with E-state index in [1.807, 2.05) is 24.3 Å². The van der Waals surface area contributed by atoms with Crippen molar-refractivity contribution in [1.29, 1.82) is 0 Å². The predicted molar refractivity (Wildman–Crippen MR) is 137 cm³/mol. The van der Waals surface area contributed by atoms with Crippen molar-refractivity contribution in [1.82, 2.24) is 10.2 Å². The van der Waals surface area contributed by atoms with Crippen LogP contribution in [0.4, 0.5) is 13.6 Å². The highest BCUT2D eigenvalue weighted by molar-refractivity contribution is 5.73. The van der Waals surface area contributed by atoms with Crippen molar-refractivity contribution >= 4 is 12.0 Å². The standard InChI is InChI=1S/C28H36F2N2O6/c1-17(33)31-24(12-19-10-20(29)13-21(30)11-19)26(34)25-14-23(15-32(25)27(35)38-28(2,3)4)37-16-18-6-8-22(36-5)9-7-18/h6-11,13,23-26,34H,12,14-16H2,1-5H3,(H,31,33)/t23-,24+,25-,26+/m1/s1. The lowest BCUT2D eigenvalue weighted by molar-refractivity contribution is -0.120. The molecule has 4 atom stereocenters. The molecule has 2 amide bonds. The predicted octanol–water partition coefficient (Wildman–Crippen LogP) is 3.98. The number of hydrogen-bond acceptors (Lipinski definition) is 6. The third kappa shape index (κ3) is 8.39. The highest BCUT2D eigenvalue weighted by atomic mass is 19.1. The molecule has 3 rings (SSSR count). The first-order chi connectivity index (χ1) is 17.8. The van der Waals surface area contributed by atoms with E-state index in [0.717, 1.165) is 29.5 Å². The van der Waals surface area contributed by atoms with Gasteiger partial charge in [-0.05, 0) is 69.0 Å². The Kier molecular flexibility index (Phi) is 9.67. The van der Waals surface area contributed by atoms with Crippen LogP contribution < -0.4 is 10.1 Å². The number of hydrogen-bond donors (Lipinski definition) is 2. The monoisotopic (exact) mass is 534 g/mol. The molecule has 1 aliphatic heterocycles. The number of carbonyl (C=O) groups is 2. The Labute approximate surface area is 221 Å². The summed E-state index contributed by atoms with van der Waals surface area (Å²) < 4.78 is 44.4. The van der Waals surface area contributed by atoms with Gasteiger partial charge in [-0.3, -0.25) is 9.69 Å². The molecule has 1 heterocycles. The van der Waals surface area contributed by atoms with Crippen molar-refractivity contribution in [2.45, 2.75) is 77.0 Å². The minimum absolute atomic E-state index is 0.0501. The van der Waals surface area contributed by atoms with E-state index in [9.17, 15) is 23.5 Å². The maximum Gasteiger partial charge on any atom is 0.410 e. The SMILES string of the molecule is COc1ccc(CO[C@@H]2C[C@H]([C@@H](O)[C@H](Cc3cc(F)cc(F)c3)NC(C)=O)N(C(=O)OC(C)(C)C)C2)cc1. The summed E-state index contributed by atoms with van der Waals surface area (Å²) in [6.45, 7) is 6.94. The summed E-state index contributed by atoms with van der Waals surface area (Å²) in [5.74, 6) is -1.24. The first-order valence-corrected chi connectivity index (χ1v) is 12.5. The number of ether oxygens (including phenoxy) is 3. The summed E-state index contributed by atoms with van der Waals surface area (Å²) in [4.78, 5) is 26.5. The summed E-state index contributed by atoms with van der Waals surface area (Å²) >= 11 is 0. The van der Waals surface area contributed by atoms with E-state index in [2.05, 4.69) is 5.32 Å². The van der Waals surface area contributed by atoms with Crippen molar-refractivity contribution in [3.63, 3.8) is 0 Å². The molecule has 208 valence electrons. The Balaban J connectivity index is 1.80. The number of nitrogens with zero attached hydrogens (tertiary/aromatic N) is 1. The molecule has 0 aromatic heterocycles. The molecule has 0 unspecified atom stereocenters. The van der Waals surface area contributed by atoms with E-state index in [-0.39, 0.29) is 31.6 Å². The number of aliphatic hydroxyl groups excluding tert-OH is 1. The quantitative estimate of drug-likeness (QED) is 0.505. The van der Waals surface area contributed by atoms with Crippen molar-refractivity contribution < 1.29 is 37.7 Å². The average molecular weight is 535 g/mol. The number of benzene rings is 2. The van der Waals surface area contributed by atoms with Crippen molar-refractivity contribution in [2.75, 3.05) is 13.7 Å². The van der Waals surface area contributed by atoms with Crippen molar-refractivity contribution in [3.05, 3.63) is 65.2 Å². The lowest BCUT2D eigenvalue weighted by atomic mass is 9.94. The van der Waals surface area contributed by atoms with Crippen LogP contribution in [0, 0.1) is 11.6 Å². The molecule has 0 radical (unpaired) electrons. The summed E-state index contributed by atoms with van der Waals surface area (Å²) in [5.41, 5.74) is 0.391. The molecule has 0 saturated carbocycles. The number of aliphatic hydroxyl groups is 1. The van der Waals surface area contributed by atoms with E-state index >= 15 is 0 Å². The number of carbonyl (C=O) groups excluding carboxylic acids is 2. The molecular weight excluding hydrogens is 498 g/mol. The zero-order chi connectivity index (χ0) is 28.0. The largest absolute Gasteiger partial charge is 0.497 e. The summed E-state index contributed by atoms with van der Waals surface area (Å²) in [6, 6.07) is 8.72. The molecule has 2 aromatic rings. The van der Waals surface area contributed by atoms with Gasteiger partial charge in [0.05, 0.1) is 44.6 Å². The fourth-order valence-electron chi connectivity index (χ4n) is 4.51. The normalized spacial score (nSPS) is 19.1. The number of amides is 2. The van der Waals surface area contributed by atoms with E-state index in [0.29, 0.717) is 0 Å². The fraction of sp³-hybridized carbons (Fsp3) is 0.500. The zero-order valence-corrected chi connectivity index (χ0v) is 22.4. The molecule has 2 aromatic carbocycles. The van der Waals surface area contributed by atoms with Gasteiger partial charge in [0, 0.05) is 13.0 Å². The highest BCUT2D eigenvalue weighted by Gasteiger charge is 2.44. The van der Waals surface area contributed by atoms with Gasteiger partial charge in [0.2, 0.25) is 5.91 Å². The average Bonchev–Trinajstić information content (AvgIpc) is 3.25. The smallest absolute Gasteiger partial charge is 0.410 e. The van der Waals surface area contributed by atoms with Crippen LogP contribution in [-0.2, 0) is 27.3 Å². The van der Waals surface area contributed by atoms with Gasteiger partial charge in [-0.1, -0.05) is 12.1 Å². The van der Waals surface area contributed by atoms with Gasteiger partial charge in [0.15, 0.2) is 0 Å². The van der Waals surface area contributed by atoms with E-state index in [4.69, 9.17) is 14.2 Å². The number of nitrogens with one attached hydrogen (secondary N) is 1. The molecular formula is C28H36F2N2O6. The summed E-state index contributed by atoms with van der Waals surface area (Å²) in [6.07, 6.45) is -2.10. The Hall–Kier alpha value is -3.24. The Morgan fingerprint density at radius 2 is 1.74 bits per heavy atom. The summed E-state index contributed by atoms with van der Waals surface area (Å²) in [5, 5.41) is 14.1. The van der Waals surface area contributed by atoms with Gasteiger partial charge in [-0.15, -0.1) is 0 Å². The van der Waals surface area contributed by atoms with E-state index < -0.39 is 53.5 Å². The topological polar surface area (TPSA) is 97.3 Å². The maximum absolute atomic E-state index is 13.8. The molecule has 1 fully saturated rings. The molecule has 2 N–H and O–H groups in total. The molecule has 0 bridgehead atoms. The van der Waals surface area contributed by atoms with Gasteiger partial charge in [-0.25, -0.2) is 13.6 Å². The number of rotatable bonds is 9. The van der Waals surface area contributed by atoms with Crippen LogP contribution in [0.3, 0.4) is 0 Å². The molecule has 1 saturated heterocycles. The van der Waals surface area contributed by atoms with Gasteiger partial charge >= 0.3 is 6.09 Å². The van der Waals surface area contributed by atoms with Crippen molar-refractivity contribution in [2.24, 2.45) is 0 Å². The second kappa shape index (κ2) is 12.5. The zero-order valence-electron chi connectivity index (χ0n) is 22.4. The first kappa shape index (κ1) is 29.3. The van der Waals surface area contributed by atoms with Crippen LogP contribution in [0.2, 0.25) is 0 Å². The van der Waals surface area contributed by atoms with Crippen LogP contribution in [0.15, 0.2) is 42.5 Å². The number of likely N-dealkylation sites (tertiary alicyclic amines) is 1. The molecule has 1 aliphatic rings. The van der Waals surface area contributed by atoms with Crippen LogP contribution in [-0.4, -0.2) is 65.6 Å². The number of halogens is 2. The fourth-order valence-corrected chi connectivity index (χ4v) is 4.51. The van der Waals surface area contributed by atoms with Crippen molar-refractivity contribution in [3.8, 4) is 5.75 Å². The molecule has 0 aliphatic carbocycles. The third-order valence-electron chi connectivity index (χ3n) is 6.15. The second-order valence-electron chi connectivity index (χ2n) is 10.5. The third-order valence-corrected chi connectivity index (χ3v) is 6.15. The lowest BCUT2D eigenvalue weighted by Crippen LogP contribution is -2.54. The minimum Gasteiger partial charge on any atom is -0.497 e. The Morgan fingerprint density at radius 1 is 1.11 bits per heavy atom. The number of methoxy groups -OCH3 is 1. The van der Waals surface area contributed by atoms with Gasteiger partial charge in [0.1, 0.15) is 23.0 Å². The van der Waals surface area contributed by atoms with Crippen LogP contribution in [0.1, 0.15) is 45.2 Å². The maximum atomic E-state index is 13.8. The second-order valence-corrected chi connectivity index (χ2v) is 10.5. The van der Waals surface area contributed by atoms with Gasteiger partial charge < -0.3 is 24.6 Å². The lowest BCUT2D eigenvalue weighted by Gasteiger charge is -2.34. The van der Waals surface area contributed by atoms with E-state index in [1.165, 1.54) is 11.8 Å². The van der Waals surface area contributed by atoms with Crippen LogP contribution in [0.5, 0.6) is 5.75 Å². The molecule has 10 heteroatoms.